The van der Waals surface area contributed by atoms with Gasteiger partial charge in [-0.25, -0.2) is 4.79 Å². The van der Waals surface area contributed by atoms with E-state index >= 15 is 0 Å². The van der Waals surface area contributed by atoms with Gasteiger partial charge in [-0.15, -0.1) is 11.3 Å². The van der Waals surface area contributed by atoms with Crippen LogP contribution in [0, 0.1) is 5.92 Å². The summed E-state index contributed by atoms with van der Waals surface area (Å²) in [4.78, 5) is 19.0. The summed E-state index contributed by atoms with van der Waals surface area (Å²) in [6.07, 6.45) is -0.865. The highest BCUT2D eigenvalue weighted by Crippen LogP contribution is 2.43. The monoisotopic (exact) mass is 318 g/mol. The van der Waals surface area contributed by atoms with Crippen molar-refractivity contribution in [2.45, 2.75) is 5.54 Å². The average Bonchev–Trinajstić information content (AvgIpc) is 2.88. The summed E-state index contributed by atoms with van der Waals surface area (Å²) in [6, 6.07) is 2.03. The van der Waals surface area contributed by atoms with Crippen molar-refractivity contribution in [2.24, 2.45) is 5.92 Å². The number of likely N-dealkylation sites (tertiary alicyclic amines) is 1. The second kappa shape index (κ2) is 3.94. The number of thiophene rings is 1. The number of hydrogen-bond donors (Lipinski definition) is 2. The van der Waals surface area contributed by atoms with E-state index in [2.05, 4.69) is 21.4 Å². The summed E-state index contributed by atoms with van der Waals surface area (Å²) in [6.45, 7) is 1.52. The van der Waals surface area contributed by atoms with Gasteiger partial charge in [-0.3, -0.25) is 0 Å². The third kappa shape index (κ3) is 1.69. The number of hydrogen-bond acceptors (Lipinski definition) is 4. The Balaban J connectivity index is 1.96. The van der Waals surface area contributed by atoms with Crippen LogP contribution in [-0.4, -0.2) is 35.8 Å². The lowest BCUT2D eigenvalue weighted by atomic mass is 9.88. The molecule has 1 aromatic rings. The van der Waals surface area contributed by atoms with Crippen LogP contribution in [0.5, 0.6) is 0 Å². The minimum atomic E-state index is -0.865. The third-order valence-corrected chi connectivity index (χ3v) is 5.26. The molecule has 2 atom stereocenters. The van der Waals surface area contributed by atoms with E-state index in [0.29, 0.717) is 19.7 Å². The largest absolute Gasteiger partial charge is 0.465 e. The second-order valence-corrected chi connectivity index (χ2v) is 6.20. The van der Waals surface area contributed by atoms with Crippen molar-refractivity contribution in [3.05, 3.63) is 20.8 Å². The van der Waals surface area contributed by atoms with E-state index in [4.69, 9.17) is 9.94 Å². The maximum atomic E-state index is 11.1. The number of amides is 1. The third-order valence-electron chi connectivity index (χ3n) is 3.39. The van der Waals surface area contributed by atoms with Crippen molar-refractivity contribution in [3.8, 4) is 0 Å². The Morgan fingerprint density at radius 3 is 3.24 bits per heavy atom. The van der Waals surface area contributed by atoms with Gasteiger partial charge < -0.3 is 14.8 Å². The van der Waals surface area contributed by atoms with E-state index in [-0.39, 0.29) is 11.5 Å². The number of halogens is 1. The van der Waals surface area contributed by atoms with Crippen LogP contribution in [0.25, 0.3) is 0 Å². The first-order valence-corrected chi connectivity index (χ1v) is 6.90. The number of carboxylic acid groups (broad SMARTS) is 1. The minimum Gasteiger partial charge on any atom is -0.465 e. The maximum Gasteiger partial charge on any atom is 0.407 e. The molecule has 2 fully saturated rings. The van der Waals surface area contributed by atoms with Gasteiger partial charge in [-0.05, 0) is 22.0 Å². The summed E-state index contributed by atoms with van der Waals surface area (Å²) in [5.74, 6) is 0.184. The van der Waals surface area contributed by atoms with Gasteiger partial charge in [0.1, 0.15) is 5.54 Å². The first-order valence-electron chi connectivity index (χ1n) is 5.23. The standard InChI is InChI=1S/C10H11BrN2O3S/c11-7-1-8(17-4-7)10-5-13(9(14)15)2-6(10)3-16-12-10/h1,4,6,12H,2-3,5H2,(H,14,15). The van der Waals surface area contributed by atoms with Gasteiger partial charge in [0.25, 0.3) is 0 Å². The van der Waals surface area contributed by atoms with Gasteiger partial charge in [0.15, 0.2) is 0 Å². The Morgan fingerprint density at radius 2 is 2.59 bits per heavy atom. The van der Waals surface area contributed by atoms with Crippen LogP contribution in [0.4, 0.5) is 4.79 Å². The molecule has 1 aromatic heterocycles. The normalized spacial score (nSPS) is 31.8. The summed E-state index contributed by atoms with van der Waals surface area (Å²) in [5, 5.41) is 11.1. The molecule has 3 heterocycles. The Morgan fingerprint density at radius 1 is 1.76 bits per heavy atom. The van der Waals surface area contributed by atoms with Crippen LogP contribution < -0.4 is 5.48 Å². The SMILES string of the molecule is O=C(O)N1CC2CONC2(c2cc(Br)cs2)C1. The number of carbonyl (C=O) groups is 1. The zero-order valence-electron chi connectivity index (χ0n) is 8.85. The smallest absolute Gasteiger partial charge is 0.407 e. The first kappa shape index (κ1) is 11.5. The van der Waals surface area contributed by atoms with Crippen molar-refractivity contribution in [1.82, 2.24) is 10.4 Å². The van der Waals surface area contributed by atoms with Crippen molar-refractivity contribution < 1.29 is 14.7 Å². The molecule has 0 saturated carbocycles. The molecule has 2 aliphatic heterocycles. The molecule has 2 aliphatic rings. The Labute approximate surface area is 110 Å². The fourth-order valence-electron chi connectivity index (χ4n) is 2.52. The number of nitrogens with zero attached hydrogens (tertiary/aromatic N) is 1. The Kier molecular flexibility index (Phi) is 2.66. The Bertz CT molecular complexity index is 466. The lowest BCUT2D eigenvalue weighted by Crippen LogP contribution is -2.43. The fraction of sp³-hybridized carbons (Fsp3) is 0.500. The van der Waals surface area contributed by atoms with E-state index in [1.807, 2.05) is 11.4 Å². The van der Waals surface area contributed by atoms with E-state index in [1.165, 1.54) is 4.90 Å². The van der Waals surface area contributed by atoms with Crippen molar-refractivity contribution in [3.63, 3.8) is 0 Å². The lowest BCUT2D eigenvalue weighted by Gasteiger charge is -2.25. The molecule has 2 N–H and O–H groups in total. The molecule has 5 nitrogen and oxygen atoms in total. The summed E-state index contributed by atoms with van der Waals surface area (Å²) >= 11 is 5.05. The first-order chi connectivity index (χ1) is 8.12. The minimum absolute atomic E-state index is 0.184. The summed E-state index contributed by atoms with van der Waals surface area (Å²) < 4.78 is 1.02. The molecule has 0 aromatic carbocycles. The molecule has 2 saturated heterocycles. The molecule has 17 heavy (non-hydrogen) atoms. The van der Waals surface area contributed by atoms with Crippen molar-refractivity contribution >= 4 is 33.4 Å². The van der Waals surface area contributed by atoms with Crippen molar-refractivity contribution in [2.75, 3.05) is 19.7 Å². The molecule has 0 aliphatic carbocycles. The molecule has 0 spiro atoms. The molecule has 2 unspecified atom stereocenters. The van der Waals surface area contributed by atoms with Crippen molar-refractivity contribution in [1.29, 1.82) is 0 Å². The van der Waals surface area contributed by atoms with Crippen LogP contribution in [0.3, 0.4) is 0 Å². The number of hydroxylamine groups is 1. The zero-order valence-corrected chi connectivity index (χ0v) is 11.3. The van der Waals surface area contributed by atoms with Gasteiger partial charge in [0.05, 0.1) is 6.61 Å². The molecule has 7 heteroatoms. The van der Waals surface area contributed by atoms with E-state index in [1.54, 1.807) is 11.3 Å². The summed E-state index contributed by atoms with van der Waals surface area (Å²) in [5.41, 5.74) is 2.67. The van der Waals surface area contributed by atoms with Crippen LogP contribution in [0.1, 0.15) is 4.88 Å². The molecule has 3 rings (SSSR count). The van der Waals surface area contributed by atoms with Gasteiger partial charge in [0.2, 0.25) is 0 Å². The molecule has 1 amide bonds. The molecule has 0 radical (unpaired) electrons. The van der Waals surface area contributed by atoms with Gasteiger partial charge in [-0.2, -0.15) is 5.48 Å². The van der Waals surface area contributed by atoms with Crippen LogP contribution in [-0.2, 0) is 10.4 Å². The quantitative estimate of drug-likeness (QED) is 0.829. The Hall–Kier alpha value is -0.630. The highest BCUT2D eigenvalue weighted by atomic mass is 79.9. The predicted molar refractivity (Wildman–Crippen MR) is 65.9 cm³/mol. The average molecular weight is 319 g/mol. The number of fused-ring (bicyclic) bond motifs is 1. The van der Waals surface area contributed by atoms with Gasteiger partial charge >= 0.3 is 6.09 Å². The molecular formula is C10H11BrN2O3S. The number of nitrogens with one attached hydrogen (secondary N) is 1. The lowest BCUT2D eigenvalue weighted by molar-refractivity contribution is 0.0486. The number of rotatable bonds is 1. The maximum absolute atomic E-state index is 11.1. The van der Waals surface area contributed by atoms with Crippen LogP contribution in [0.15, 0.2) is 15.9 Å². The highest BCUT2D eigenvalue weighted by Gasteiger charge is 2.54. The highest BCUT2D eigenvalue weighted by molar-refractivity contribution is 9.10. The second-order valence-electron chi connectivity index (χ2n) is 4.37. The molecular weight excluding hydrogens is 308 g/mol. The van der Waals surface area contributed by atoms with Crippen LogP contribution in [0.2, 0.25) is 0 Å². The fourth-order valence-corrected chi connectivity index (χ4v) is 4.17. The van der Waals surface area contributed by atoms with Crippen LogP contribution >= 0.6 is 27.3 Å². The summed E-state index contributed by atoms with van der Waals surface area (Å²) in [7, 11) is 0. The molecule has 92 valence electrons. The predicted octanol–water partition coefficient (Wildman–Crippen LogP) is 1.85. The van der Waals surface area contributed by atoms with Gasteiger partial charge in [-0.1, -0.05) is 0 Å². The topological polar surface area (TPSA) is 61.8 Å². The zero-order chi connectivity index (χ0) is 12.0. The van der Waals surface area contributed by atoms with E-state index in [0.717, 1.165) is 9.35 Å². The van der Waals surface area contributed by atoms with E-state index < -0.39 is 6.09 Å². The van der Waals surface area contributed by atoms with Gasteiger partial charge in [0, 0.05) is 33.7 Å². The molecule has 0 bridgehead atoms. The van der Waals surface area contributed by atoms with E-state index in [9.17, 15) is 4.79 Å².